The van der Waals surface area contributed by atoms with Crippen molar-refractivity contribution in [2.24, 2.45) is 0 Å². The van der Waals surface area contributed by atoms with Gasteiger partial charge in [-0.3, -0.25) is 0 Å². The third kappa shape index (κ3) is 5.08. The molecule has 0 aromatic heterocycles. The molecule has 0 fully saturated rings. The molecular weight excluding hydrogens is 171 g/mol. The summed E-state index contributed by atoms with van der Waals surface area (Å²) in [5.74, 6) is 0. The molecule has 0 aromatic rings. The molecule has 74 valence electrons. The van der Waals surface area contributed by atoms with E-state index in [9.17, 15) is 0 Å². The predicted molar refractivity (Wildman–Crippen MR) is 55.2 cm³/mol. The molecule has 0 aliphatic rings. The molecule has 0 aliphatic carbocycles. The summed E-state index contributed by atoms with van der Waals surface area (Å²) in [5.41, 5.74) is -0.252. The van der Waals surface area contributed by atoms with Gasteiger partial charge in [-0.1, -0.05) is 6.92 Å². The van der Waals surface area contributed by atoms with Crippen molar-refractivity contribution in [3.05, 3.63) is 0 Å². The Morgan fingerprint density at radius 2 is 1.58 bits per heavy atom. The second-order valence-corrected chi connectivity index (χ2v) is 4.52. The van der Waals surface area contributed by atoms with Crippen LogP contribution in [0.2, 0.25) is 0 Å². The Balaban J connectivity index is 3.82. The van der Waals surface area contributed by atoms with Crippen molar-refractivity contribution in [1.82, 2.24) is 0 Å². The number of hydrogen-bond donors (Lipinski definition) is 0. The van der Waals surface area contributed by atoms with E-state index in [0.717, 1.165) is 6.42 Å². The lowest BCUT2D eigenvalue weighted by Gasteiger charge is -2.30. The number of hydrogen-bond acceptors (Lipinski definition) is 2. The first-order valence-electron chi connectivity index (χ1n) is 4.35. The lowest BCUT2D eigenvalue weighted by atomic mass is 10.1. The van der Waals surface area contributed by atoms with Crippen molar-refractivity contribution in [1.29, 1.82) is 0 Å². The fraction of sp³-hybridized carbons (Fsp3) is 1.00. The van der Waals surface area contributed by atoms with Crippen molar-refractivity contribution >= 4 is 9.47 Å². The lowest BCUT2D eigenvalue weighted by molar-refractivity contribution is -0.0778. The van der Waals surface area contributed by atoms with Gasteiger partial charge in [0.15, 0.2) is 0 Å². The van der Waals surface area contributed by atoms with Gasteiger partial charge in [0.1, 0.15) is 0 Å². The van der Waals surface area contributed by atoms with Crippen LogP contribution in [-0.2, 0) is 9.26 Å². The lowest BCUT2D eigenvalue weighted by Crippen LogP contribution is -2.34. The molecule has 0 saturated carbocycles. The Morgan fingerprint density at radius 3 is 1.92 bits per heavy atom. The van der Waals surface area contributed by atoms with Crippen LogP contribution in [0.4, 0.5) is 0 Å². The van der Waals surface area contributed by atoms with Crippen molar-refractivity contribution in [2.75, 3.05) is 6.61 Å². The topological polar surface area (TPSA) is 18.5 Å². The summed E-state index contributed by atoms with van der Waals surface area (Å²) in [6, 6.07) is 0. The van der Waals surface area contributed by atoms with E-state index in [1.807, 2.05) is 13.8 Å². The maximum absolute atomic E-state index is 5.70. The molecule has 1 unspecified atom stereocenters. The Labute approximate surface area is 78.3 Å². The van der Waals surface area contributed by atoms with Gasteiger partial charge in [0.05, 0.1) is 17.8 Å². The average Bonchev–Trinajstić information content (AvgIpc) is 2.02. The first-order valence-corrected chi connectivity index (χ1v) is 4.82. The molecule has 0 spiro atoms. The molecule has 0 N–H and O–H groups in total. The molecule has 0 saturated heterocycles. The minimum atomic E-state index is -0.211. The smallest absolute Gasteiger partial charge is 0.0894 e. The fourth-order valence-electron chi connectivity index (χ4n) is 0.505. The number of ether oxygens (including phenoxy) is 1. The van der Waals surface area contributed by atoms with Crippen LogP contribution in [0.15, 0.2) is 0 Å². The van der Waals surface area contributed by atoms with Gasteiger partial charge in [-0.2, -0.15) is 0 Å². The molecule has 2 nitrogen and oxygen atoms in total. The van der Waals surface area contributed by atoms with E-state index >= 15 is 0 Å². The summed E-state index contributed by atoms with van der Waals surface area (Å²) in [5, 5.41) is 0. The van der Waals surface area contributed by atoms with E-state index in [0.29, 0.717) is 6.61 Å². The molecule has 3 heteroatoms. The van der Waals surface area contributed by atoms with Crippen molar-refractivity contribution in [3.63, 3.8) is 0 Å². The minimum absolute atomic E-state index is 0.0412. The van der Waals surface area contributed by atoms with Crippen LogP contribution in [0.1, 0.15) is 41.0 Å². The van der Waals surface area contributed by atoms with Gasteiger partial charge >= 0.3 is 0 Å². The zero-order valence-electron chi connectivity index (χ0n) is 8.81. The fourth-order valence-corrected chi connectivity index (χ4v) is 0.573. The monoisotopic (exact) mass is 192 g/mol. The molecule has 0 aromatic carbocycles. The van der Waals surface area contributed by atoms with Crippen molar-refractivity contribution in [2.45, 2.75) is 52.2 Å². The zero-order valence-corrected chi connectivity index (χ0v) is 9.96. The molecular formula is C9H21O2P. The Hall–Kier alpha value is 0.350. The highest BCUT2D eigenvalue weighted by Crippen LogP contribution is 2.19. The highest BCUT2D eigenvalue weighted by molar-refractivity contribution is 7.09. The molecule has 0 aliphatic heterocycles. The molecule has 0 bridgehead atoms. The van der Waals surface area contributed by atoms with Gasteiger partial charge in [-0.05, 0) is 34.1 Å². The molecule has 0 amide bonds. The Kier molecular flexibility index (Phi) is 4.68. The summed E-state index contributed by atoms with van der Waals surface area (Å²) < 4.78 is 10.9. The standard InChI is InChI=1S/C9H21O2P/c1-6-8(2,3)10-7-9(4,5)11-12/h6-7,12H2,1-5H3. The van der Waals surface area contributed by atoms with E-state index in [1.54, 1.807) is 0 Å². The van der Waals surface area contributed by atoms with E-state index in [1.165, 1.54) is 0 Å². The SMILES string of the molecule is CCC(C)(C)OCC(C)(C)OP. The van der Waals surface area contributed by atoms with Gasteiger partial charge in [-0.15, -0.1) is 0 Å². The summed E-state index contributed by atoms with van der Waals surface area (Å²) in [6.45, 7) is 10.9. The van der Waals surface area contributed by atoms with Gasteiger partial charge in [0.25, 0.3) is 0 Å². The highest BCUT2D eigenvalue weighted by atomic mass is 31.0. The van der Waals surface area contributed by atoms with Crippen LogP contribution in [0, 0.1) is 0 Å². The van der Waals surface area contributed by atoms with E-state index in [-0.39, 0.29) is 11.2 Å². The largest absolute Gasteiger partial charge is 0.373 e. The van der Waals surface area contributed by atoms with Crippen molar-refractivity contribution in [3.8, 4) is 0 Å². The van der Waals surface area contributed by atoms with E-state index in [2.05, 4.69) is 30.2 Å². The third-order valence-corrected chi connectivity index (χ3v) is 2.62. The summed E-state index contributed by atoms with van der Waals surface area (Å²) in [4.78, 5) is 0. The summed E-state index contributed by atoms with van der Waals surface area (Å²) in [6.07, 6.45) is 1.01. The summed E-state index contributed by atoms with van der Waals surface area (Å²) >= 11 is 0. The van der Waals surface area contributed by atoms with Gasteiger partial charge in [0.2, 0.25) is 0 Å². The van der Waals surface area contributed by atoms with Crippen molar-refractivity contribution < 1.29 is 9.26 Å². The normalized spacial score (nSPS) is 13.5. The maximum Gasteiger partial charge on any atom is 0.0894 e. The van der Waals surface area contributed by atoms with Gasteiger partial charge in [0, 0.05) is 9.47 Å². The van der Waals surface area contributed by atoms with Crippen LogP contribution < -0.4 is 0 Å². The van der Waals surface area contributed by atoms with Crippen LogP contribution >= 0.6 is 9.47 Å². The zero-order chi connectivity index (χ0) is 9.83. The number of rotatable bonds is 5. The van der Waals surface area contributed by atoms with Gasteiger partial charge in [-0.25, -0.2) is 0 Å². The second-order valence-electron chi connectivity index (χ2n) is 4.28. The third-order valence-electron chi connectivity index (χ3n) is 1.98. The molecule has 1 atom stereocenters. The van der Waals surface area contributed by atoms with Crippen LogP contribution in [0.5, 0.6) is 0 Å². The highest BCUT2D eigenvalue weighted by Gasteiger charge is 2.22. The average molecular weight is 192 g/mol. The Bertz CT molecular complexity index is 116. The second kappa shape index (κ2) is 4.55. The molecule has 12 heavy (non-hydrogen) atoms. The van der Waals surface area contributed by atoms with Gasteiger partial charge < -0.3 is 9.26 Å². The molecule has 0 radical (unpaired) electrons. The summed E-state index contributed by atoms with van der Waals surface area (Å²) in [7, 11) is 2.28. The molecule has 0 heterocycles. The van der Waals surface area contributed by atoms with Crippen LogP contribution in [0.25, 0.3) is 0 Å². The van der Waals surface area contributed by atoms with Crippen LogP contribution in [-0.4, -0.2) is 17.8 Å². The van der Waals surface area contributed by atoms with Crippen LogP contribution in [0.3, 0.4) is 0 Å². The first-order chi connectivity index (χ1) is 5.33. The molecule has 0 rings (SSSR count). The maximum atomic E-state index is 5.70. The Morgan fingerprint density at radius 1 is 1.08 bits per heavy atom. The van der Waals surface area contributed by atoms with E-state index in [4.69, 9.17) is 9.26 Å². The predicted octanol–water partition coefficient (Wildman–Crippen LogP) is 2.78. The first kappa shape index (κ1) is 12.3. The quantitative estimate of drug-likeness (QED) is 0.623. The van der Waals surface area contributed by atoms with E-state index < -0.39 is 0 Å². The minimum Gasteiger partial charge on any atom is -0.373 e.